The lowest BCUT2D eigenvalue weighted by Gasteiger charge is -2.33. The van der Waals surface area contributed by atoms with E-state index in [0.717, 1.165) is 36.6 Å². The first-order valence-corrected chi connectivity index (χ1v) is 13.0. The Balaban J connectivity index is 1.13. The van der Waals surface area contributed by atoms with Gasteiger partial charge in [0.05, 0.1) is 12.3 Å². The zero-order chi connectivity index (χ0) is 24.9. The Morgan fingerprint density at radius 1 is 0.917 bits per heavy atom. The highest BCUT2D eigenvalue weighted by Crippen LogP contribution is 2.23. The highest BCUT2D eigenvalue weighted by Gasteiger charge is 2.29. The van der Waals surface area contributed by atoms with Crippen LogP contribution >= 0.6 is 0 Å². The second-order valence-electron chi connectivity index (χ2n) is 10.00. The van der Waals surface area contributed by atoms with Crippen LogP contribution in [0.4, 0.5) is 5.69 Å². The molecule has 3 aromatic rings. The number of piperidine rings is 1. The van der Waals surface area contributed by atoms with Crippen LogP contribution in [-0.2, 0) is 16.0 Å². The zero-order valence-corrected chi connectivity index (χ0v) is 20.5. The summed E-state index contributed by atoms with van der Waals surface area (Å²) in [4.78, 5) is 40.1. The number of likely N-dealkylation sites (tertiary alicyclic amines) is 1. The lowest BCUT2D eigenvalue weighted by molar-refractivity contribution is -0.135. The van der Waals surface area contributed by atoms with Gasteiger partial charge in [-0.3, -0.25) is 14.4 Å². The number of hydrogen-bond donors (Lipinski definition) is 2. The topological polar surface area (TPSA) is 91.7 Å². The summed E-state index contributed by atoms with van der Waals surface area (Å²) in [5.74, 6) is -0.0582. The molecule has 0 bridgehead atoms. The molecule has 1 saturated carbocycles. The van der Waals surface area contributed by atoms with Gasteiger partial charge in [-0.25, -0.2) is 0 Å². The fourth-order valence-corrected chi connectivity index (χ4v) is 5.26. The molecule has 1 unspecified atom stereocenters. The summed E-state index contributed by atoms with van der Waals surface area (Å²) in [5, 5.41) is 6.94. The molecule has 1 aliphatic heterocycles. The van der Waals surface area contributed by atoms with Crippen LogP contribution in [-0.4, -0.2) is 41.8 Å². The number of nitrogens with one attached hydrogen (secondary N) is 2. The number of carbonyl (C=O) groups excluding carboxylic acids is 3. The summed E-state index contributed by atoms with van der Waals surface area (Å²) in [5.41, 5.74) is 2.17. The van der Waals surface area contributed by atoms with Crippen molar-refractivity contribution in [2.45, 2.75) is 57.4 Å². The molecule has 188 valence electrons. The van der Waals surface area contributed by atoms with E-state index in [1.165, 1.54) is 19.3 Å². The van der Waals surface area contributed by atoms with Crippen molar-refractivity contribution in [1.82, 2.24) is 10.2 Å². The van der Waals surface area contributed by atoms with Gasteiger partial charge >= 0.3 is 0 Å². The van der Waals surface area contributed by atoms with Gasteiger partial charge in [0.2, 0.25) is 11.8 Å². The maximum absolute atomic E-state index is 13.0. The van der Waals surface area contributed by atoms with E-state index in [2.05, 4.69) is 10.6 Å². The average molecular weight is 488 g/mol. The molecule has 1 aliphatic carbocycles. The van der Waals surface area contributed by atoms with Crippen LogP contribution in [0.1, 0.15) is 61.1 Å². The molecular weight excluding hydrogens is 454 g/mol. The first kappa shape index (κ1) is 24.1. The molecule has 5 rings (SSSR count). The Hall–Kier alpha value is -3.61. The van der Waals surface area contributed by atoms with E-state index in [0.29, 0.717) is 30.4 Å². The second-order valence-corrected chi connectivity index (χ2v) is 10.00. The Bertz CT molecular complexity index is 1190. The van der Waals surface area contributed by atoms with Gasteiger partial charge in [-0.1, -0.05) is 49.6 Å². The SMILES string of the molecule is O=C(Nc1ccc(CC(=O)N2CCCC(C(=O)NC3CCCCC3)C2)cc1)c1cc2ccccc2o1. The van der Waals surface area contributed by atoms with Gasteiger partial charge in [0.15, 0.2) is 5.76 Å². The van der Waals surface area contributed by atoms with Gasteiger partial charge in [-0.05, 0) is 55.5 Å². The summed E-state index contributed by atoms with van der Waals surface area (Å²) in [6.45, 7) is 1.18. The minimum absolute atomic E-state index is 0.0317. The van der Waals surface area contributed by atoms with Crippen molar-refractivity contribution >= 4 is 34.4 Å². The van der Waals surface area contributed by atoms with E-state index in [9.17, 15) is 14.4 Å². The van der Waals surface area contributed by atoms with Crippen LogP contribution < -0.4 is 10.6 Å². The van der Waals surface area contributed by atoms with Gasteiger partial charge < -0.3 is 20.0 Å². The second kappa shape index (κ2) is 11.0. The summed E-state index contributed by atoms with van der Waals surface area (Å²) in [7, 11) is 0. The van der Waals surface area contributed by atoms with Crippen molar-refractivity contribution in [1.29, 1.82) is 0 Å². The largest absolute Gasteiger partial charge is 0.451 e. The Labute approximate surface area is 211 Å². The third-order valence-corrected chi connectivity index (χ3v) is 7.31. The number of rotatable bonds is 6. The molecule has 2 aliphatic rings. The van der Waals surface area contributed by atoms with Gasteiger partial charge in [0.1, 0.15) is 5.58 Å². The smallest absolute Gasteiger partial charge is 0.291 e. The molecule has 0 radical (unpaired) electrons. The van der Waals surface area contributed by atoms with E-state index < -0.39 is 0 Å². The average Bonchev–Trinajstić information content (AvgIpc) is 3.35. The van der Waals surface area contributed by atoms with Crippen LogP contribution in [0.3, 0.4) is 0 Å². The summed E-state index contributed by atoms with van der Waals surface area (Å²) >= 11 is 0. The number of hydrogen-bond acceptors (Lipinski definition) is 4. The fraction of sp³-hybridized carbons (Fsp3) is 0.414. The first-order chi connectivity index (χ1) is 17.5. The highest BCUT2D eigenvalue weighted by atomic mass is 16.3. The number of amides is 3. The number of benzene rings is 2. The Morgan fingerprint density at radius 2 is 1.69 bits per heavy atom. The molecule has 2 heterocycles. The molecule has 1 aromatic heterocycles. The molecule has 36 heavy (non-hydrogen) atoms. The van der Waals surface area contributed by atoms with Gasteiger partial charge in [0, 0.05) is 30.2 Å². The highest BCUT2D eigenvalue weighted by molar-refractivity contribution is 6.04. The number of nitrogens with zero attached hydrogens (tertiary/aromatic N) is 1. The fourth-order valence-electron chi connectivity index (χ4n) is 5.26. The van der Waals surface area contributed by atoms with Crippen LogP contribution in [0.2, 0.25) is 0 Å². The maximum atomic E-state index is 13.0. The number of carbonyl (C=O) groups is 3. The number of anilines is 1. The van der Waals surface area contributed by atoms with Crippen LogP contribution in [0.15, 0.2) is 59.0 Å². The lowest BCUT2D eigenvalue weighted by atomic mass is 9.93. The van der Waals surface area contributed by atoms with Gasteiger partial charge in [0.25, 0.3) is 5.91 Å². The maximum Gasteiger partial charge on any atom is 0.291 e. The third kappa shape index (κ3) is 5.78. The lowest BCUT2D eigenvalue weighted by Crippen LogP contribution is -2.48. The van der Waals surface area contributed by atoms with Crippen molar-refractivity contribution in [3.05, 3.63) is 65.9 Å². The molecule has 0 spiro atoms. The summed E-state index contributed by atoms with van der Waals surface area (Å²) < 4.78 is 5.62. The normalized spacial score (nSPS) is 18.7. The molecule has 2 N–H and O–H groups in total. The minimum atomic E-state index is -0.319. The Morgan fingerprint density at radius 3 is 2.47 bits per heavy atom. The number of fused-ring (bicyclic) bond motifs is 1. The molecule has 1 saturated heterocycles. The predicted molar refractivity (Wildman–Crippen MR) is 139 cm³/mol. The van der Waals surface area contributed by atoms with Crippen LogP contribution in [0.5, 0.6) is 0 Å². The monoisotopic (exact) mass is 487 g/mol. The molecule has 2 fully saturated rings. The van der Waals surface area contributed by atoms with Crippen LogP contribution in [0, 0.1) is 5.92 Å². The zero-order valence-electron chi connectivity index (χ0n) is 20.5. The quantitative estimate of drug-likeness (QED) is 0.517. The molecule has 7 heteroatoms. The molecule has 1 atom stereocenters. The minimum Gasteiger partial charge on any atom is -0.451 e. The van der Waals surface area contributed by atoms with E-state index in [4.69, 9.17) is 4.42 Å². The first-order valence-electron chi connectivity index (χ1n) is 13.0. The van der Waals surface area contributed by atoms with E-state index in [1.54, 1.807) is 18.2 Å². The van der Waals surface area contributed by atoms with Gasteiger partial charge in [-0.15, -0.1) is 0 Å². The van der Waals surface area contributed by atoms with E-state index in [1.807, 2.05) is 41.3 Å². The summed E-state index contributed by atoms with van der Waals surface area (Å²) in [6.07, 6.45) is 7.71. The number of para-hydroxylation sites is 1. The van der Waals surface area contributed by atoms with E-state index >= 15 is 0 Å². The van der Waals surface area contributed by atoms with Crippen molar-refractivity contribution < 1.29 is 18.8 Å². The molecule has 2 aromatic carbocycles. The predicted octanol–water partition coefficient (Wildman–Crippen LogP) is 4.92. The van der Waals surface area contributed by atoms with Crippen molar-refractivity contribution in [2.24, 2.45) is 5.92 Å². The van der Waals surface area contributed by atoms with Crippen LogP contribution in [0.25, 0.3) is 11.0 Å². The Kier molecular flexibility index (Phi) is 7.35. The third-order valence-electron chi connectivity index (χ3n) is 7.31. The molecule has 7 nitrogen and oxygen atoms in total. The van der Waals surface area contributed by atoms with Crippen molar-refractivity contribution in [3.8, 4) is 0 Å². The van der Waals surface area contributed by atoms with Crippen molar-refractivity contribution in [3.63, 3.8) is 0 Å². The summed E-state index contributed by atoms with van der Waals surface area (Å²) in [6, 6.07) is 16.8. The molecular formula is C29H33N3O4. The molecule has 3 amide bonds. The van der Waals surface area contributed by atoms with Crippen molar-refractivity contribution in [2.75, 3.05) is 18.4 Å². The standard InChI is InChI=1S/C29H33N3O4/c33-27(32-16-6-8-22(19-32)28(34)30-23-9-2-1-3-10-23)17-20-12-14-24(15-13-20)31-29(35)26-18-21-7-4-5-11-25(21)36-26/h4-5,7,11-15,18,22-23H,1-3,6,8-10,16-17,19H2,(H,30,34)(H,31,35). The number of furan rings is 1. The van der Waals surface area contributed by atoms with Gasteiger partial charge in [-0.2, -0.15) is 0 Å². The van der Waals surface area contributed by atoms with E-state index in [-0.39, 0.29) is 35.8 Å².